The van der Waals surface area contributed by atoms with E-state index in [0.717, 1.165) is 11.1 Å². The van der Waals surface area contributed by atoms with E-state index in [1.165, 1.54) is 0 Å². The Morgan fingerprint density at radius 3 is 2.54 bits per heavy atom. The first kappa shape index (κ1) is 18.4. The Hall–Kier alpha value is -1.94. The summed E-state index contributed by atoms with van der Waals surface area (Å²) in [6.07, 6.45) is 0.181. The second-order valence-electron chi connectivity index (χ2n) is 5.80. The number of carboxylic acids is 1. The van der Waals surface area contributed by atoms with E-state index in [1.54, 1.807) is 18.2 Å². The van der Waals surface area contributed by atoms with E-state index in [2.05, 4.69) is 5.32 Å². The van der Waals surface area contributed by atoms with E-state index < -0.39 is 25.1 Å². The number of hydrogen-bond acceptors (Lipinski definition) is 6. The molecule has 1 fully saturated rings. The molecule has 1 aromatic carbocycles. The maximum atomic E-state index is 12.3. The third kappa shape index (κ3) is 4.54. The Morgan fingerprint density at radius 2 is 1.96 bits per heavy atom. The lowest BCUT2D eigenvalue weighted by atomic mass is 9.72. The summed E-state index contributed by atoms with van der Waals surface area (Å²) < 4.78 is 5.25. The van der Waals surface area contributed by atoms with E-state index in [-0.39, 0.29) is 18.9 Å². The average Bonchev–Trinajstić information content (AvgIpc) is 2.56. The number of carbonyl (C=O) groups excluding carboxylic acids is 1. The normalized spacial score (nSPS) is 20.7. The zero-order valence-corrected chi connectivity index (χ0v) is 13.3. The van der Waals surface area contributed by atoms with Crippen LogP contribution >= 0.6 is 0 Å². The molecule has 0 radical (unpaired) electrons. The summed E-state index contributed by atoms with van der Waals surface area (Å²) in [7, 11) is -1.23. The van der Waals surface area contributed by atoms with Crippen LogP contribution < -0.4 is 16.8 Å². The Balaban J connectivity index is 1.99. The monoisotopic (exact) mass is 335 g/mol. The topological polar surface area (TPSA) is 148 Å². The van der Waals surface area contributed by atoms with Gasteiger partial charge in [-0.25, -0.2) is 0 Å². The summed E-state index contributed by atoms with van der Waals surface area (Å²) in [4.78, 5) is 23.0. The fourth-order valence-corrected chi connectivity index (χ4v) is 2.76. The highest BCUT2D eigenvalue weighted by Gasteiger charge is 2.36. The number of rotatable bonds is 6. The van der Waals surface area contributed by atoms with Gasteiger partial charge in [0.2, 0.25) is 0 Å². The van der Waals surface area contributed by atoms with Crippen molar-refractivity contribution < 1.29 is 24.4 Å². The maximum absolute atomic E-state index is 12.3. The molecular formula is C15H22BN3O5. The van der Waals surface area contributed by atoms with E-state index >= 15 is 0 Å². The zero-order chi connectivity index (χ0) is 17.7. The molecule has 0 unspecified atom stereocenters. The van der Waals surface area contributed by atoms with Gasteiger partial charge in [0.05, 0.1) is 18.5 Å². The Labute approximate surface area is 140 Å². The molecule has 1 aromatic rings. The molecule has 1 saturated heterocycles. The van der Waals surface area contributed by atoms with Crippen LogP contribution in [0, 0.1) is 0 Å². The van der Waals surface area contributed by atoms with Gasteiger partial charge < -0.3 is 31.6 Å². The molecule has 1 amide bonds. The second kappa shape index (κ2) is 8.25. The fraction of sp³-hybridized carbons (Fsp3) is 0.467. The van der Waals surface area contributed by atoms with E-state index in [1.807, 2.05) is 0 Å². The molecule has 1 aliphatic rings. The maximum Gasteiger partial charge on any atom is 0.478 e. The fourth-order valence-electron chi connectivity index (χ4n) is 2.76. The number of carboxylic acid groups (broad SMARTS) is 1. The van der Waals surface area contributed by atoms with Crippen molar-refractivity contribution in [1.29, 1.82) is 0 Å². The Bertz CT molecular complexity index is 613. The van der Waals surface area contributed by atoms with Crippen LogP contribution in [0.15, 0.2) is 18.2 Å². The molecule has 2 rings (SSSR count). The number of hydrogen-bond donors (Lipinski definition) is 5. The minimum absolute atomic E-state index is 0.169. The van der Waals surface area contributed by atoms with Crippen molar-refractivity contribution in [2.45, 2.75) is 44.4 Å². The van der Waals surface area contributed by atoms with Crippen LogP contribution in [-0.4, -0.2) is 41.2 Å². The number of carbonyl (C=O) groups is 2. The number of amides is 1. The van der Waals surface area contributed by atoms with Crippen LogP contribution in [0.1, 0.15) is 40.7 Å². The third-order valence-corrected chi connectivity index (χ3v) is 4.10. The quantitative estimate of drug-likeness (QED) is 0.435. The van der Waals surface area contributed by atoms with Gasteiger partial charge >= 0.3 is 13.1 Å². The Morgan fingerprint density at radius 1 is 1.25 bits per heavy atom. The predicted molar refractivity (Wildman–Crippen MR) is 87.8 cm³/mol. The molecular weight excluding hydrogens is 313 g/mol. The molecule has 9 heteroatoms. The average molecular weight is 335 g/mol. The first-order chi connectivity index (χ1) is 11.4. The van der Waals surface area contributed by atoms with Gasteiger partial charge in [-0.2, -0.15) is 0 Å². The van der Waals surface area contributed by atoms with Crippen molar-refractivity contribution in [1.82, 2.24) is 5.32 Å². The van der Waals surface area contributed by atoms with Gasteiger partial charge in [-0.1, -0.05) is 6.07 Å². The largest absolute Gasteiger partial charge is 0.481 e. The van der Waals surface area contributed by atoms with Crippen LogP contribution in [0.3, 0.4) is 0 Å². The van der Waals surface area contributed by atoms with Crippen LogP contribution in [0.2, 0.25) is 0 Å². The van der Waals surface area contributed by atoms with Crippen LogP contribution in [0.25, 0.3) is 0 Å². The van der Waals surface area contributed by atoms with Crippen LogP contribution in [-0.2, 0) is 22.5 Å². The minimum Gasteiger partial charge on any atom is -0.481 e. The third-order valence-electron chi connectivity index (χ3n) is 4.10. The molecule has 0 bridgehead atoms. The van der Waals surface area contributed by atoms with Gasteiger partial charge in [0.15, 0.2) is 0 Å². The number of nitrogens with two attached hydrogens (primary N) is 2. The first-order valence-corrected chi connectivity index (χ1v) is 7.82. The minimum atomic E-state index is -1.23. The number of aliphatic carboxylic acids is 1. The summed E-state index contributed by atoms with van der Waals surface area (Å²) in [6.45, 7) is 0.619. The van der Waals surface area contributed by atoms with E-state index in [4.69, 9.17) is 21.2 Å². The second-order valence-corrected chi connectivity index (χ2v) is 5.80. The van der Waals surface area contributed by atoms with Gasteiger partial charge in [-0.05, 0) is 36.1 Å². The first-order valence-electron chi connectivity index (χ1n) is 7.82. The lowest BCUT2D eigenvalue weighted by Crippen LogP contribution is -2.52. The molecule has 130 valence electrons. The highest BCUT2D eigenvalue weighted by Crippen LogP contribution is 2.19. The standard InChI is InChI=1S/C15H22BN3O5/c17-7-10-2-1-9(5-11(10)8-18)15(22)19-13-4-3-12(6-14(20)21)24-16(13)23/h1-2,5,12-13,23H,3-4,6-8,17-18H2,(H,19,22)(H,20,21)/t12-,13-/m0/s1. The Kier molecular flexibility index (Phi) is 6.33. The SMILES string of the molecule is NCc1ccc(C(=O)N[C@H]2CC[C@@H](CC(=O)O)OB2O)cc1CN. The summed E-state index contributed by atoms with van der Waals surface area (Å²) in [5.41, 5.74) is 13.4. The van der Waals surface area contributed by atoms with Crippen molar-refractivity contribution in [3.05, 3.63) is 34.9 Å². The molecule has 1 heterocycles. The lowest BCUT2D eigenvalue weighted by molar-refractivity contribution is -0.139. The predicted octanol–water partition coefficient (Wildman–Crippen LogP) is -0.624. The van der Waals surface area contributed by atoms with E-state index in [0.29, 0.717) is 24.9 Å². The molecule has 24 heavy (non-hydrogen) atoms. The number of benzene rings is 1. The summed E-state index contributed by atoms with van der Waals surface area (Å²) >= 11 is 0. The zero-order valence-electron chi connectivity index (χ0n) is 13.3. The molecule has 0 aliphatic carbocycles. The van der Waals surface area contributed by atoms with Gasteiger partial charge in [0, 0.05) is 18.7 Å². The molecule has 8 nitrogen and oxygen atoms in total. The van der Waals surface area contributed by atoms with Gasteiger partial charge in [0.1, 0.15) is 0 Å². The van der Waals surface area contributed by atoms with Crippen molar-refractivity contribution in [2.75, 3.05) is 0 Å². The van der Waals surface area contributed by atoms with Crippen molar-refractivity contribution in [3.8, 4) is 0 Å². The smallest absolute Gasteiger partial charge is 0.478 e. The molecule has 0 spiro atoms. The van der Waals surface area contributed by atoms with Crippen LogP contribution in [0.5, 0.6) is 0 Å². The number of nitrogens with one attached hydrogen (secondary N) is 1. The summed E-state index contributed by atoms with van der Waals surface area (Å²) in [5.74, 6) is -1.92. The van der Waals surface area contributed by atoms with Crippen molar-refractivity contribution in [3.63, 3.8) is 0 Å². The molecule has 1 aliphatic heterocycles. The highest BCUT2D eigenvalue weighted by molar-refractivity contribution is 6.45. The van der Waals surface area contributed by atoms with Crippen LogP contribution in [0.4, 0.5) is 0 Å². The molecule has 0 saturated carbocycles. The molecule has 0 aromatic heterocycles. The summed E-state index contributed by atoms with van der Waals surface area (Å²) in [6, 6.07) is 5.09. The van der Waals surface area contributed by atoms with Crippen molar-refractivity contribution >= 4 is 19.0 Å². The lowest BCUT2D eigenvalue weighted by Gasteiger charge is -2.30. The highest BCUT2D eigenvalue weighted by atomic mass is 16.5. The van der Waals surface area contributed by atoms with Gasteiger partial charge in [0.25, 0.3) is 5.91 Å². The van der Waals surface area contributed by atoms with Gasteiger partial charge in [-0.15, -0.1) is 0 Å². The summed E-state index contributed by atoms with van der Waals surface area (Å²) in [5, 5.41) is 21.4. The molecule has 7 N–H and O–H groups in total. The van der Waals surface area contributed by atoms with Crippen molar-refractivity contribution in [2.24, 2.45) is 11.5 Å². The van der Waals surface area contributed by atoms with Gasteiger partial charge in [-0.3, -0.25) is 9.59 Å². The van der Waals surface area contributed by atoms with E-state index in [9.17, 15) is 14.6 Å². The molecule has 2 atom stereocenters.